The van der Waals surface area contributed by atoms with E-state index in [1.54, 1.807) is 26.6 Å². The average Bonchev–Trinajstić information content (AvgIpc) is 2.52. The van der Waals surface area contributed by atoms with Crippen molar-refractivity contribution in [2.45, 2.75) is 32.7 Å². The Morgan fingerprint density at radius 3 is 2.50 bits per heavy atom. The first-order valence-electron chi connectivity index (χ1n) is 7.21. The summed E-state index contributed by atoms with van der Waals surface area (Å²) in [4.78, 5) is 8.87. The van der Waals surface area contributed by atoms with Gasteiger partial charge in [0.15, 0.2) is 0 Å². The molecule has 0 aliphatic carbocycles. The molecule has 5 nitrogen and oxygen atoms in total. The van der Waals surface area contributed by atoms with Crippen molar-refractivity contribution in [3.05, 3.63) is 41.9 Å². The lowest BCUT2D eigenvalue weighted by molar-refractivity contribution is 0.391. The van der Waals surface area contributed by atoms with Crippen molar-refractivity contribution in [2.24, 2.45) is 0 Å². The first-order chi connectivity index (χ1) is 10.4. The van der Waals surface area contributed by atoms with E-state index >= 15 is 0 Å². The van der Waals surface area contributed by atoms with Crippen LogP contribution in [-0.4, -0.2) is 24.2 Å². The van der Waals surface area contributed by atoms with Crippen LogP contribution in [0.25, 0.3) is 0 Å². The van der Waals surface area contributed by atoms with E-state index in [0.717, 1.165) is 28.6 Å². The Hall–Kier alpha value is -2.30. The van der Waals surface area contributed by atoms with Gasteiger partial charge in [-0.05, 0) is 12.1 Å². The van der Waals surface area contributed by atoms with Crippen molar-refractivity contribution in [1.82, 2.24) is 9.97 Å². The topological polar surface area (TPSA) is 56.3 Å². The first kappa shape index (κ1) is 16.1. The van der Waals surface area contributed by atoms with Gasteiger partial charge in [0, 0.05) is 29.8 Å². The number of hydrogen-bond donors (Lipinski definition) is 1. The normalized spacial score (nSPS) is 11.1. The molecular formula is C17H23N3O2. The zero-order chi connectivity index (χ0) is 16.2. The molecule has 0 atom stereocenters. The maximum absolute atomic E-state index is 5.40. The molecular weight excluding hydrogens is 278 g/mol. The van der Waals surface area contributed by atoms with Crippen molar-refractivity contribution in [3.8, 4) is 11.5 Å². The molecule has 2 aromatic rings. The third-order valence-corrected chi connectivity index (χ3v) is 3.36. The lowest BCUT2D eigenvalue weighted by Gasteiger charge is -2.18. The van der Waals surface area contributed by atoms with Gasteiger partial charge < -0.3 is 14.8 Å². The lowest BCUT2D eigenvalue weighted by atomic mass is 9.93. The molecule has 1 N–H and O–H groups in total. The van der Waals surface area contributed by atoms with Crippen molar-refractivity contribution in [1.29, 1.82) is 0 Å². The molecule has 1 aromatic carbocycles. The maximum Gasteiger partial charge on any atom is 0.145 e. The number of nitrogens with one attached hydrogen (secondary N) is 1. The minimum Gasteiger partial charge on any atom is -0.497 e. The first-order valence-corrected chi connectivity index (χ1v) is 7.21. The predicted octanol–water partition coefficient (Wildman–Crippen LogP) is 3.40. The Labute approximate surface area is 131 Å². The van der Waals surface area contributed by atoms with E-state index in [0.29, 0.717) is 6.54 Å². The highest BCUT2D eigenvalue weighted by Crippen LogP contribution is 2.25. The molecule has 0 saturated heterocycles. The molecule has 22 heavy (non-hydrogen) atoms. The summed E-state index contributed by atoms with van der Waals surface area (Å²) >= 11 is 0. The van der Waals surface area contributed by atoms with Gasteiger partial charge in [-0.3, -0.25) is 4.98 Å². The van der Waals surface area contributed by atoms with E-state index in [-0.39, 0.29) is 5.41 Å². The maximum atomic E-state index is 5.40. The Bertz CT molecular complexity index is 636. The Balaban J connectivity index is 2.13. The minimum atomic E-state index is -0.0253. The second-order valence-corrected chi connectivity index (χ2v) is 6.07. The highest BCUT2D eigenvalue weighted by molar-refractivity contribution is 5.43. The van der Waals surface area contributed by atoms with E-state index < -0.39 is 0 Å². The molecule has 0 spiro atoms. The molecule has 5 heteroatoms. The summed E-state index contributed by atoms with van der Waals surface area (Å²) in [5.74, 6) is 2.31. The summed E-state index contributed by atoms with van der Waals surface area (Å²) < 4.78 is 10.6. The van der Waals surface area contributed by atoms with Crippen LogP contribution in [0.5, 0.6) is 11.5 Å². The van der Waals surface area contributed by atoms with Gasteiger partial charge in [-0.2, -0.15) is 0 Å². The smallest absolute Gasteiger partial charge is 0.145 e. The highest BCUT2D eigenvalue weighted by atomic mass is 16.5. The molecule has 0 aliphatic heterocycles. The third-order valence-electron chi connectivity index (χ3n) is 3.36. The van der Waals surface area contributed by atoms with Crippen LogP contribution >= 0.6 is 0 Å². The minimum absolute atomic E-state index is 0.0253. The van der Waals surface area contributed by atoms with Crippen molar-refractivity contribution in [3.63, 3.8) is 0 Å². The number of ether oxygens (including phenoxy) is 2. The molecule has 0 fully saturated rings. The monoisotopic (exact) mass is 301 g/mol. The van der Waals surface area contributed by atoms with Gasteiger partial charge in [0.05, 0.1) is 26.1 Å². The molecule has 0 unspecified atom stereocenters. The Kier molecular flexibility index (Phi) is 4.85. The van der Waals surface area contributed by atoms with Crippen LogP contribution in [0.4, 0.5) is 5.82 Å². The fraction of sp³-hybridized carbons (Fsp3) is 0.412. The number of methoxy groups -OCH3 is 2. The number of nitrogens with zero attached hydrogens (tertiary/aromatic N) is 2. The zero-order valence-corrected chi connectivity index (χ0v) is 13.8. The molecule has 0 radical (unpaired) electrons. The van der Waals surface area contributed by atoms with Crippen LogP contribution in [0.1, 0.15) is 32.0 Å². The molecule has 0 saturated carbocycles. The molecule has 2 rings (SSSR count). The van der Waals surface area contributed by atoms with Gasteiger partial charge in [0.1, 0.15) is 17.3 Å². The summed E-state index contributed by atoms with van der Waals surface area (Å²) in [6, 6.07) is 5.76. The Morgan fingerprint density at radius 1 is 1.09 bits per heavy atom. The molecule has 1 aromatic heterocycles. The molecule has 118 valence electrons. The largest absolute Gasteiger partial charge is 0.497 e. The average molecular weight is 301 g/mol. The van der Waals surface area contributed by atoms with Gasteiger partial charge in [-0.1, -0.05) is 20.8 Å². The zero-order valence-electron chi connectivity index (χ0n) is 13.8. The third kappa shape index (κ3) is 3.87. The summed E-state index contributed by atoms with van der Waals surface area (Å²) in [6.07, 6.45) is 3.53. The van der Waals surface area contributed by atoms with Crippen molar-refractivity contribution >= 4 is 5.82 Å². The summed E-state index contributed by atoms with van der Waals surface area (Å²) in [5.41, 5.74) is 1.97. The van der Waals surface area contributed by atoms with Crippen LogP contribution in [0.3, 0.4) is 0 Å². The van der Waals surface area contributed by atoms with Gasteiger partial charge in [-0.15, -0.1) is 0 Å². The lowest BCUT2D eigenvalue weighted by Crippen LogP contribution is -2.15. The quantitative estimate of drug-likeness (QED) is 0.917. The van der Waals surface area contributed by atoms with E-state index in [9.17, 15) is 0 Å². The molecule has 0 aliphatic rings. The van der Waals surface area contributed by atoms with E-state index in [4.69, 9.17) is 9.47 Å². The van der Waals surface area contributed by atoms with Gasteiger partial charge in [-0.25, -0.2) is 4.98 Å². The fourth-order valence-electron chi connectivity index (χ4n) is 2.00. The second kappa shape index (κ2) is 6.64. The van der Waals surface area contributed by atoms with E-state index in [2.05, 4.69) is 36.1 Å². The SMILES string of the molecule is COc1ccc(CNc2cncc(C(C)(C)C)n2)c(OC)c1. The van der Waals surface area contributed by atoms with Crippen LogP contribution in [-0.2, 0) is 12.0 Å². The van der Waals surface area contributed by atoms with Crippen LogP contribution < -0.4 is 14.8 Å². The number of aromatic nitrogens is 2. The van der Waals surface area contributed by atoms with Crippen molar-refractivity contribution in [2.75, 3.05) is 19.5 Å². The number of anilines is 1. The van der Waals surface area contributed by atoms with Crippen LogP contribution in [0.15, 0.2) is 30.6 Å². The van der Waals surface area contributed by atoms with Crippen molar-refractivity contribution < 1.29 is 9.47 Å². The number of benzene rings is 1. The van der Waals surface area contributed by atoms with Crippen LogP contribution in [0.2, 0.25) is 0 Å². The molecule has 0 amide bonds. The summed E-state index contributed by atoms with van der Waals surface area (Å²) in [7, 11) is 3.29. The van der Waals surface area contributed by atoms with Gasteiger partial charge in [0.2, 0.25) is 0 Å². The predicted molar refractivity (Wildman–Crippen MR) is 87.6 cm³/mol. The highest BCUT2D eigenvalue weighted by Gasteiger charge is 2.16. The molecule has 1 heterocycles. The van der Waals surface area contributed by atoms with E-state index in [1.807, 2.05) is 18.2 Å². The summed E-state index contributed by atoms with van der Waals surface area (Å²) in [6.45, 7) is 6.96. The standard InChI is InChI=1S/C17H23N3O2/c1-17(2,3)15-10-18-11-16(20-15)19-9-12-6-7-13(21-4)8-14(12)22-5/h6-8,10-11H,9H2,1-5H3,(H,19,20). The molecule has 0 bridgehead atoms. The van der Waals surface area contributed by atoms with Gasteiger partial charge in [0.25, 0.3) is 0 Å². The van der Waals surface area contributed by atoms with Gasteiger partial charge >= 0.3 is 0 Å². The number of hydrogen-bond acceptors (Lipinski definition) is 5. The van der Waals surface area contributed by atoms with Crippen LogP contribution in [0, 0.1) is 0 Å². The fourth-order valence-corrected chi connectivity index (χ4v) is 2.00. The number of rotatable bonds is 5. The second-order valence-electron chi connectivity index (χ2n) is 6.07. The summed E-state index contributed by atoms with van der Waals surface area (Å²) in [5, 5.41) is 3.29. The Morgan fingerprint density at radius 2 is 1.86 bits per heavy atom. The van der Waals surface area contributed by atoms with E-state index in [1.165, 1.54) is 0 Å².